The van der Waals surface area contributed by atoms with E-state index in [1.54, 1.807) is 12.4 Å². The van der Waals surface area contributed by atoms with Crippen LogP contribution in [0.1, 0.15) is 34.9 Å². The van der Waals surface area contributed by atoms with Gasteiger partial charge in [0.25, 0.3) is 11.7 Å². The average molecular weight is 322 g/mol. The van der Waals surface area contributed by atoms with Gasteiger partial charge in [-0.25, -0.2) is 4.98 Å². The van der Waals surface area contributed by atoms with E-state index in [2.05, 4.69) is 15.3 Å². The first-order chi connectivity index (χ1) is 11.7. The maximum atomic E-state index is 12.3. The standard InChI is InChI=1S/C18H18N4O2/c23-16(14-11-21-15-4-2-1-3-13(14)15)18(24)20-8-10-22-9-7-19-17(22)12-5-6-12/h1-4,7,9,11-12,21H,5-6,8,10H2,(H,20,24). The van der Waals surface area contributed by atoms with E-state index in [0.29, 0.717) is 24.6 Å². The fourth-order valence-corrected chi connectivity index (χ4v) is 2.96. The van der Waals surface area contributed by atoms with Crippen molar-refractivity contribution in [2.45, 2.75) is 25.3 Å². The monoisotopic (exact) mass is 322 g/mol. The van der Waals surface area contributed by atoms with Gasteiger partial charge in [-0.15, -0.1) is 0 Å². The van der Waals surface area contributed by atoms with E-state index < -0.39 is 11.7 Å². The lowest BCUT2D eigenvalue weighted by atomic mass is 10.1. The Labute approximate surface area is 138 Å². The maximum Gasteiger partial charge on any atom is 0.292 e. The van der Waals surface area contributed by atoms with E-state index >= 15 is 0 Å². The van der Waals surface area contributed by atoms with Crippen LogP contribution < -0.4 is 5.32 Å². The summed E-state index contributed by atoms with van der Waals surface area (Å²) in [4.78, 5) is 31.9. The lowest BCUT2D eigenvalue weighted by Crippen LogP contribution is -2.33. The Bertz CT molecular complexity index is 905. The molecule has 0 saturated heterocycles. The first-order valence-electron chi connectivity index (χ1n) is 8.13. The molecule has 6 heteroatoms. The maximum absolute atomic E-state index is 12.3. The van der Waals surface area contributed by atoms with Crippen LogP contribution in [-0.4, -0.2) is 32.8 Å². The number of hydrogen-bond acceptors (Lipinski definition) is 3. The Hall–Kier alpha value is -2.89. The highest BCUT2D eigenvalue weighted by Gasteiger charge is 2.27. The van der Waals surface area contributed by atoms with E-state index in [4.69, 9.17) is 0 Å². The van der Waals surface area contributed by atoms with Crippen LogP contribution in [0.5, 0.6) is 0 Å². The van der Waals surface area contributed by atoms with Crippen molar-refractivity contribution in [1.29, 1.82) is 0 Å². The number of imidazole rings is 1. The Balaban J connectivity index is 1.39. The molecule has 1 saturated carbocycles. The van der Waals surface area contributed by atoms with Crippen LogP contribution in [0.2, 0.25) is 0 Å². The van der Waals surface area contributed by atoms with Crippen molar-refractivity contribution in [3.63, 3.8) is 0 Å². The molecule has 0 bridgehead atoms. The van der Waals surface area contributed by atoms with Gasteiger partial charge in [-0.05, 0) is 18.9 Å². The summed E-state index contributed by atoms with van der Waals surface area (Å²) in [5, 5.41) is 3.48. The number of Topliss-reactive ketones (excluding diaryl/α,β-unsaturated/α-hetero) is 1. The number of aromatic nitrogens is 3. The van der Waals surface area contributed by atoms with Gasteiger partial charge in [-0.1, -0.05) is 18.2 Å². The van der Waals surface area contributed by atoms with Crippen molar-refractivity contribution in [1.82, 2.24) is 19.9 Å². The van der Waals surface area contributed by atoms with Gasteiger partial charge >= 0.3 is 0 Å². The number of fused-ring (bicyclic) bond motifs is 1. The number of H-pyrrole nitrogens is 1. The molecule has 0 spiro atoms. The van der Waals surface area contributed by atoms with Crippen molar-refractivity contribution in [2.24, 2.45) is 0 Å². The molecular formula is C18H18N4O2. The second-order valence-corrected chi connectivity index (χ2v) is 6.09. The number of nitrogens with zero attached hydrogens (tertiary/aromatic N) is 2. The van der Waals surface area contributed by atoms with Crippen molar-refractivity contribution in [2.75, 3.05) is 6.54 Å². The molecule has 0 unspecified atom stereocenters. The predicted molar refractivity (Wildman–Crippen MR) is 89.8 cm³/mol. The van der Waals surface area contributed by atoms with Gasteiger partial charge < -0.3 is 14.9 Å². The van der Waals surface area contributed by atoms with Gasteiger partial charge in [0.15, 0.2) is 0 Å². The van der Waals surface area contributed by atoms with Crippen molar-refractivity contribution in [3.8, 4) is 0 Å². The number of benzene rings is 1. The van der Waals surface area contributed by atoms with Gasteiger partial charge in [-0.3, -0.25) is 9.59 Å². The molecule has 3 aromatic rings. The molecule has 0 radical (unpaired) electrons. The highest BCUT2D eigenvalue weighted by atomic mass is 16.2. The van der Waals surface area contributed by atoms with Gasteiger partial charge in [0.1, 0.15) is 5.82 Å². The van der Waals surface area contributed by atoms with E-state index in [1.165, 1.54) is 12.8 Å². The Morgan fingerprint density at radius 3 is 2.96 bits per heavy atom. The van der Waals surface area contributed by atoms with Crippen LogP contribution in [0.3, 0.4) is 0 Å². The van der Waals surface area contributed by atoms with E-state index in [9.17, 15) is 9.59 Å². The van der Waals surface area contributed by atoms with Gasteiger partial charge in [0.05, 0.1) is 5.56 Å². The molecule has 122 valence electrons. The average Bonchev–Trinajstić information content (AvgIpc) is 3.18. The summed E-state index contributed by atoms with van der Waals surface area (Å²) in [5.41, 5.74) is 1.26. The molecule has 1 fully saturated rings. The molecule has 0 atom stereocenters. The molecular weight excluding hydrogens is 304 g/mol. The number of para-hydroxylation sites is 1. The third kappa shape index (κ3) is 2.71. The smallest absolute Gasteiger partial charge is 0.292 e. The lowest BCUT2D eigenvalue weighted by Gasteiger charge is -2.08. The zero-order chi connectivity index (χ0) is 16.5. The summed E-state index contributed by atoms with van der Waals surface area (Å²) in [6, 6.07) is 7.45. The topological polar surface area (TPSA) is 79.8 Å². The van der Waals surface area contributed by atoms with Crippen LogP contribution in [0.15, 0.2) is 42.9 Å². The van der Waals surface area contributed by atoms with E-state index in [1.807, 2.05) is 35.0 Å². The number of rotatable bonds is 6. The first-order valence-corrected chi connectivity index (χ1v) is 8.13. The summed E-state index contributed by atoms with van der Waals surface area (Å²) < 4.78 is 2.05. The summed E-state index contributed by atoms with van der Waals surface area (Å²) in [7, 11) is 0. The number of carbonyl (C=O) groups excluding carboxylic acids is 2. The Morgan fingerprint density at radius 2 is 2.12 bits per heavy atom. The third-order valence-electron chi connectivity index (χ3n) is 4.37. The fourth-order valence-electron chi connectivity index (χ4n) is 2.96. The minimum absolute atomic E-state index is 0.406. The van der Waals surface area contributed by atoms with Crippen LogP contribution in [0.4, 0.5) is 0 Å². The predicted octanol–water partition coefficient (Wildman–Crippen LogP) is 2.24. The first kappa shape index (κ1) is 14.7. The van der Waals surface area contributed by atoms with Gasteiger partial charge in [0, 0.05) is 48.5 Å². The third-order valence-corrected chi connectivity index (χ3v) is 4.37. The minimum Gasteiger partial charge on any atom is -0.360 e. The van der Waals surface area contributed by atoms with Gasteiger partial charge in [0.2, 0.25) is 0 Å². The molecule has 0 aliphatic heterocycles. The SMILES string of the molecule is O=C(NCCn1ccnc1C1CC1)C(=O)c1c[nH]c2ccccc12. The molecule has 2 heterocycles. The highest BCUT2D eigenvalue weighted by Crippen LogP contribution is 2.38. The Morgan fingerprint density at radius 1 is 1.29 bits per heavy atom. The molecule has 2 aromatic heterocycles. The number of carbonyl (C=O) groups is 2. The molecule has 24 heavy (non-hydrogen) atoms. The number of hydrogen-bond donors (Lipinski definition) is 2. The lowest BCUT2D eigenvalue weighted by molar-refractivity contribution is -0.117. The second kappa shape index (κ2) is 5.96. The second-order valence-electron chi connectivity index (χ2n) is 6.09. The fraction of sp³-hybridized carbons (Fsp3) is 0.278. The molecule has 1 amide bonds. The van der Waals surface area contributed by atoms with E-state index in [0.717, 1.165) is 16.7 Å². The number of ketones is 1. The normalized spacial score (nSPS) is 14.0. The number of aromatic amines is 1. The highest BCUT2D eigenvalue weighted by molar-refractivity contribution is 6.44. The van der Waals surface area contributed by atoms with Crippen LogP contribution >= 0.6 is 0 Å². The van der Waals surface area contributed by atoms with Crippen molar-refractivity contribution < 1.29 is 9.59 Å². The molecule has 6 nitrogen and oxygen atoms in total. The molecule has 2 N–H and O–H groups in total. The van der Waals surface area contributed by atoms with Crippen LogP contribution in [-0.2, 0) is 11.3 Å². The molecule has 1 aromatic carbocycles. The van der Waals surface area contributed by atoms with Gasteiger partial charge in [-0.2, -0.15) is 0 Å². The Kier molecular flexibility index (Phi) is 3.65. The molecule has 4 rings (SSSR count). The van der Waals surface area contributed by atoms with Crippen molar-refractivity contribution >= 4 is 22.6 Å². The molecule has 1 aliphatic rings. The summed E-state index contributed by atoms with van der Waals surface area (Å²) in [5.74, 6) is 0.545. The van der Waals surface area contributed by atoms with Crippen LogP contribution in [0, 0.1) is 0 Å². The zero-order valence-electron chi connectivity index (χ0n) is 13.2. The molecule has 1 aliphatic carbocycles. The number of nitrogens with one attached hydrogen (secondary N) is 2. The summed E-state index contributed by atoms with van der Waals surface area (Å²) in [6.45, 7) is 1.03. The summed E-state index contributed by atoms with van der Waals surface area (Å²) >= 11 is 0. The summed E-state index contributed by atoms with van der Waals surface area (Å²) in [6.07, 6.45) is 7.66. The largest absolute Gasteiger partial charge is 0.360 e. The number of amides is 1. The van der Waals surface area contributed by atoms with E-state index in [-0.39, 0.29) is 0 Å². The zero-order valence-corrected chi connectivity index (χ0v) is 13.2. The quantitative estimate of drug-likeness (QED) is 0.539. The minimum atomic E-state index is -0.576. The van der Waals surface area contributed by atoms with Crippen LogP contribution in [0.25, 0.3) is 10.9 Å². The van der Waals surface area contributed by atoms with Crippen molar-refractivity contribution in [3.05, 3.63) is 54.2 Å².